The topological polar surface area (TPSA) is 12.0 Å². The normalized spacial score (nSPS) is 44.3. The van der Waals surface area contributed by atoms with E-state index in [1.54, 1.807) is 0 Å². The van der Waals surface area contributed by atoms with Gasteiger partial charge in [-0.25, -0.2) is 0 Å². The third-order valence-corrected chi connectivity index (χ3v) is 5.61. The van der Waals surface area contributed by atoms with Crippen LogP contribution < -0.4 is 5.32 Å². The van der Waals surface area contributed by atoms with Gasteiger partial charge in [-0.15, -0.1) is 6.58 Å². The molecule has 1 nitrogen and oxygen atoms in total. The molecule has 2 bridgehead atoms. The van der Waals surface area contributed by atoms with Crippen molar-refractivity contribution < 1.29 is 0 Å². The van der Waals surface area contributed by atoms with E-state index in [0.717, 1.165) is 5.92 Å². The highest BCUT2D eigenvalue weighted by Crippen LogP contribution is 2.65. The van der Waals surface area contributed by atoms with Crippen molar-refractivity contribution in [1.29, 1.82) is 0 Å². The summed E-state index contributed by atoms with van der Waals surface area (Å²) in [5.41, 5.74) is 1.01. The minimum absolute atomic E-state index is 0.446. The first kappa shape index (κ1) is 11.2. The van der Waals surface area contributed by atoms with Crippen molar-refractivity contribution in [3.8, 4) is 0 Å². The van der Waals surface area contributed by atoms with Crippen LogP contribution in [0.1, 0.15) is 47.0 Å². The number of hydrogen-bond acceptors (Lipinski definition) is 1. The maximum Gasteiger partial charge on any atom is 0.0221 e. The molecule has 86 valence electrons. The van der Waals surface area contributed by atoms with Crippen molar-refractivity contribution in [1.82, 2.24) is 5.32 Å². The molecule has 0 aromatic rings. The summed E-state index contributed by atoms with van der Waals surface area (Å²) in [4.78, 5) is 0. The zero-order valence-electron chi connectivity index (χ0n) is 10.6. The Morgan fingerprint density at radius 1 is 1.40 bits per heavy atom. The molecule has 0 spiro atoms. The van der Waals surface area contributed by atoms with Crippen LogP contribution in [-0.2, 0) is 0 Å². The van der Waals surface area contributed by atoms with Gasteiger partial charge < -0.3 is 5.32 Å². The monoisotopic (exact) mass is 207 g/mol. The van der Waals surface area contributed by atoms with E-state index in [1.165, 1.54) is 19.3 Å². The zero-order chi connectivity index (χ0) is 11.3. The molecule has 0 amide bonds. The molecular formula is C14H25N. The first-order valence-electron chi connectivity index (χ1n) is 6.30. The summed E-state index contributed by atoms with van der Waals surface area (Å²) in [7, 11) is 0. The largest absolute Gasteiger partial charge is 0.307 e. The Morgan fingerprint density at radius 2 is 2.07 bits per heavy atom. The molecule has 2 aliphatic rings. The lowest BCUT2D eigenvalue weighted by Crippen LogP contribution is -2.47. The molecule has 0 saturated heterocycles. The van der Waals surface area contributed by atoms with Crippen LogP contribution in [0, 0.1) is 16.7 Å². The Bertz CT molecular complexity index is 269. The lowest BCUT2D eigenvalue weighted by Gasteiger charge is -2.40. The highest BCUT2D eigenvalue weighted by molar-refractivity contribution is 5.13. The maximum atomic E-state index is 3.86. The summed E-state index contributed by atoms with van der Waals surface area (Å²) in [5.74, 6) is 0.928. The Morgan fingerprint density at radius 3 is 2.47 bits per heavy atom. The highest BCUT2D eigenvalue weighted by atomic mass is 15.0. The molecule has 2 fully saturated rings. The van der Waals surface area contributed by atoms with E-state index >= 15 is 0 Å². The van der Waals surface area contributed by atoms with Gasteiger partial charge >= 0.3 is 0 Å². The minimum atomic E-state index is 0.446. The van der Waals surface area contributed by atoms with E-state index in [9.17, 15) is 0 Å². The van der Waals surface area contributed by atoms with Crippen LogP contribution in [0.4, 0.5) is 0 Å². The van der Waals surface area contributed by atoms with Crippen molar-refractivity contribution in [2.45, 2.75) is 59.0 Å². The quantitative estimate of drug-likeness (QED) is 0.700. The Hall–Kier alpha value is -0.300. The first-order valence-corrected chi connectivity index (χ1v) is 6.30. The second-order valence-electron chi connectivity index (χ2n) is 6.35. The first-order chi connectivity index (χ1) is 6.91. The predicted molar refractivity (Wildman–Crippen MR) is 65.8 cm³/mol. The summed E-state index contributed by atoms with van der Waals surface area (Å²) in [6.07, 6.45) is 6.21. The molecule has 15 heavy (non-hydrogen) atoms. The van der Waals surface area contributed by atoms with E-state index in [4.69, 9.17) is 0 Å². The highest BCUT2D eigenvalue weighted by Gasteiger charge is 2.61. The van der Waals surface area contributed by atoms with Crippen LogP contribution in [-0.4, -0.2) is 12.1 Å². The summed E-state index contributed by atoms with van der Waals surface area (Å²) >= 11 is 0. The fourth-order valence-corrected chi connectivity index (χ4v) is 3.84. The molecule has 0 aromatic carbocycles. The van der Waals surface area contributed by atoms with Crippen LogP contribution in [0.3, 0.4) is 0 Å². The van der Waals surface area contributed by atoms with Gasteiger partial charge in [0.05, 0.1) is 0 Å². The molecular weight excluding hydrogens is 182 g/mol. The van der Waals surface area contributed by atoms with Gasteiger partial charge in [0.25, 0.3) is 0 Å². The predicted octanol–water partition coefficient (Wildman–Crippen LogP) is 3.37. The van der Waals surface area contributed by atoms with E-state index in [2.05, 4.69) is 39.6 Å². The summed E-state index contributed by atoms with van der Waals surface area (Å²) in [5, 5.41) is 3.74. The molecule has 4 atom stereocenters. The minimum Gasteiger partial charge on any atom is -0.307 e. The van der Waals surface area contributed by atoms with Crippen molar-refractivity contribution in [3.63, 3.8) is 0 Å². The molecule has 0 heterocycles. The Labute approximate surface area is 94.3 Å². The van der Waals surface area contributed by atoms with Gasteiger partial charge in [0, 0.05) is 12.1 Å². The lowest BCUT2D eigenvalue weighted by atomic mass is 9.69. The number of hydrogen-bond donors (Lipinski definition) is 1. The third-order valence-electron chi connectivity index (χ3n) is 5.61. The molecule has 0 aliphatic heterocycles. The van der Waals surface area contributed by atoms with Crippen LogP contribution in [0.15, 0.2) is 12.7 Å². The van der Waals surface area contributed by atoms with Gasteiger partial charge in [0.1, 0.15) is 0 Å². The van der Waals surface area contributed by atoms with Crippen LogP contribution in [0.25, 0.3) is 0 Å². The van der Waals surface area contributed by atoms with E-state index < -0.39 is 0 Å². The molecule has 1 N–H and O–H groups in total. The second kappa shape index (κ2) is 3.35. The van der Waals surface area contributed by atoms with E-state index in [-0.39, 0.29) is 0 Å². The molecule has 2 rings (SSSR count). The molecule has 4 unspecified atom stereocenters. The van der Waals surface area contributed by atoms with Gasteiger partial charge in [-0.05, 0) is 42.9 Å². The van der Waals surface area contributed by atoms with Gasteiger partial charge in [-0.1, -0.05) is 26.8 Å². The number of nitrogens with one attached hydrogen (secondary N) is 1. The number of rotatable bonds is 3. The van der Waals surface area contributed by atoms with Crippen molar-refractivity contribution >= 4 is 0 Å². The summed E-state index contributed by atoms with van der Waals surface area (Å²) < 4.78 is 0. The Kier molecular flexibility index (Phi) is 2.50. The van der Waals surface area contributed by atoms with Crippen LogP contribution in [0.2, 0.25) is 0 Å². The Balaban J connectivity index is 2.15. The van der Waals surface area contributed by atoms with Gasteiger partial charge in [0.15, 0.2) is 0 Å². The fourth-order valence-electron chi connectivity index (χ4n) is 3.84. The number of fused-ring (bicyclic) bond motifs is 2. The molecule has 2 saturated carbocycles. The van der Waals surface area contributed by atoms with Gasteiger partial charge in [0.2, 0.25) is 0 Å². The molecule has 1 heteroatoms. The lowest BCUT2D eigenvalue weighted by molar-refractivity contribution is 0.119. The fraction of sp³-hybridized carbons (Fsp3) is 0.857. The standard InChI is InChI=1S/C14H25N/c1-6-10(2)15-12-9-11-7-8-14(12,5)13(11,3)4/h6,10-12,15H,1,7-9H2,2-5H3. The second-order valence-corrected chi connectivity index (χ2v) is 6.35. The summed E-state index contributed by atoms with van der Waals surface area (Å²) in [6, 6.07) is 1.14. The van der Waals surface area contributed by atoms with Crippen LogP contribution in [0.5, 0.6) is 0 Å². The van der Waals surface area contributed by atoms with E-state index in [0.29, 0.717) is 22.9 Å². The smallest absolute Gasteiger partial charge is 0.0221 e. The van der Waals surface area contributed by atoms with E-state index in [1.807, 2.05) is 6.08 Å². The van der Waals surface area contributed by atoms with Crippen LogP contribution >= 0.6 is 0 Å². The van der Waals surface area contributed by atoms with Crippen molar-refractivity contribution in [3.05, 3.63) is 12.7 Å². The van der Waals surface area contributed by atoms with Crippen molar-refractivity contribution in [2.24, 2.45) is 16.7 Å². The zero-order valence-corrected chi connectivity index (χ0v) is 10.6. The van der Waals surface area contributed by atoms with Crippen molar-refractivity contribution in [2.75, 3.05) is 0 Å². The SMILES string of the molecule is C=CC(C)NC1CC2CCC1(C)C2(C)C. The average molecular weight is 207 g/mol. The van der Waals surface area contributed by atoms with Gasteiger partial charge in [-0.3, -0.25) is 0 Å². The maximum absolute atomic E-state index is 3.86. The average Bonchev–Trinajstić information content (AvgIpc) is 2.50. The molecule has 0 aromatic heterocycles. The van der Waals surface area contributed by atoms with Gasteiger partial charge in [-0.2, -0.15) is 0 Å². The molecule has 2 aliphatic carbocycles. The molecule has 0 radical (unpaired) electrons. The summed E-state index contributed by atoms with van der Waals surface area (Å²) in [6.45, 7) is 13.5. The third kappa shape index (κ3) is 1.39.